The summed E-state index contributed by atoms with van der Waals surface area (Å²) >= 11 is 0. The van der Waals surface area contributed by atoms with Gasteiger partial charge in [0.15, 0.2) is 0 Å². The summed E-state index contributed by atoms with van der Waals surface area (Å²) in [6, 6.07) is 14.3. The minimum absolute atomic E-state index is 0.515. The van der Waals surface area contributed by atoms with Crippen molar-refractivity contribution in [3.05, 3.63) is 72.8 Å². The molecule has 0 fully saturated rings. The highest BCUT2D eigenvalue weighted by molar-refractivity contribution is 5.73. The van der Waals surface area contributed by atoms with Crippen molar-refractivity contribution in [1.82, 2.24) is 9.97 Å². The molecule has 0 amide bonds. The summed E-state index contributed by atoms with van der Waals surface area (Å²) in [7, 11) is 0. The van der Waals surface area contributed by atoms with E-state index in [2.05, 4.69) is 40.3 Å². The van der Waals surface area contributed by atoms with E-state index >= 15 is 0 Å². The monoisotopic (exact) mass is 261 g/mol. The van der Waals surface area contributed by atoms with Crippen molar-refractivity contribution in [2.75, 3.05) is 0 Å². The number of nitrogens with zero attached hydrogens (tertiary/aromatic N) is 2. The Labute approximate surface area is 118 Å². The molecule has 2 heterocycles. The molecule has 0 bridgehead atoms. The van der Waals surface area contributed by atoms with Gasteiger partial charge in [0.1, 0.15) is 0 Å². The smallest absolute Gasteiger partial charge is 0.0346 e. The average Bonchev–Trinajstić information content (AvgIpc) is 2.56. The van der Waals surface area contributed by atoms with E-state index in [4.69, 9.17) is 5.73 Å². The van der Waals surface area contributed by atoms with E-state index in [1.165, 1.54) is 0 Å². The second-order valence-corrected chi connectivity index (χ2v) is 4.61. The highest BCUT2D eigenvalue weighted by Gasteiger charge is 2.05. The van der Waals surface area contributed by atoms with Crippen LogP contribution in [-0.4, -0.2) is 9.97 Å². The van der Waals surface area contributed by atoms with Gasteiger partial charge in [-0.2, -0.15) is 0 Å². The van der Waals surface area contributed by atoms with Crippen LogP contribution in [0.25, 0.3) is 22.3 Å². The zero-order chi connectivity index (χ0) is 13.8. The van der Waals surface area contributed by atoms with Crippen LogP contribution in [0.3, 0.4) is 0 Å². The van der Waals surface area contributed by atoms with Gasteiger partial charge in [0, 0.05) is 42.5 Å². The predicted molar refractivity (Wildman–Crippen MR) is 80.8 cm³/mol. The molecule has 3 heteroatoms. The van der Waals surface area contributed by atoms with Crippen molar-refractivity contribution < 1.29 is 0 Å². The van der Waals surface area contributed by atoms with Crippen LogP contribution in [0, 0.1) is 0 Å². The molecule has 2 N–H and O–H groups in total. The Hall–Kier alpha value is -2.52. The molecule has 3 aromatic rings. The zero-order valence-electron chi connectivity index (χ0n) is 11.0. The highest BCUT2D eigenvalue weighted by atomic mass is 14.6. The van der Waals surface area contributed by atoms with E-state index in [0.717, 1.165) is 27.8 Å². The number of rotatable bonds is 3. The lowest BCUT2D eigenvalue weighted by Crippen LogP contribution is -1.97. The van der Waals surface area contributed by atoms with Crippen molar-refractivity contribution in [3.63, 3.8) is 0 Å². The summed E-state index contributed by atoms with van der Waals surface area (Å²) in [6.45, 7) is 0.515. The van der Waals surface area contributed by atoms with Gasteiger partial charge >= 0.3 is 0 Å². The number of aromatic nitrogens is 2. The third-order valence-electron chi connectivity index (χ3n) is 3.22. The SMILES string of the molecule is NCc1cc(-c2cccnc2)cc(-c2cccnc2)c1. The molecule has 0 unspecified atom stereocenters. The van der Waals surface area contributed by atoms with Crippen LogP contribution >= 0.6 is 0 Å². The Bertz CT molecular complexity index is 636. The fraction of sp³-hybridized carbons (Fsp3) is 0.0588. The summed E-state index contributed by atoms with van der Waals surface area (Å²) in [5.41, 5.74) is 11.3. The Morgan fingerprint density at radius 2 is 1.30 bits per heavy atom. The first kappa shape index (κ1) is 12.5. The van der Waals surface area contributed by atoms with Gasteiger partial charge in [0.05, 0.1) is 0 Å². The van der Waals surface area contributed by atoms with E-state index in [0.29, 0.717) is 6.54 Å². The first-order valence-corrected chi connectivity index (χ1v) is 6.51. The third-order valence-corrected chi connectivity index (χ3v) is 3.22. The van der Waals surface area contributed by atoms with Crippen LogP contribution in [0.1, 0.15) is 5.56 Å². The second kappa shape index (κ2) is 5.63. The van der Waals surface area contributed by atoms with Crippen LogP contribution in [-0.2, 0) is 6.54 Å². The van der Waals surface area contributed by atoms with E-state index in [1.807, 2.05) is 24.5 Å². The number of benzene rings is 1. The molecule has 20 heavy (non-hydrogen) atoms. The van der Waals surface area contributed by atoms with Crippen LogP contribution < -0.4 is 5.73 Å². The number of hydrogen-bond donors (Lipinski definition) is 1. The molecule has 0 aliphatic rings. The number of pyridine rings is 2. The molecule has 3 rings (SSSR count). The maximum absolute atomic E-state index is 5.81. The number of hydrogen-bond acceptors (Lipinski definition) is 3. The molecule has 0 radical (unpaired) electrons. The van der Waals surface area contributed by atoms with Crippen molar-refractivity contribution in [3.8, 4) is 22.3 Å². The molecule has 0 aliphatic carbocycles. The highest BCUT2D eigenvalue weighted by Crippen LogP contribution is 2.27. The molecular formula is C17H15N3. The van der Waals surface area contributed by atoms with E-state index in [-0.39, 0.29) is 0 Å². The fourth-order valence-electron chi connectivity index (χ4n) is 2.21. The summed E-state index contributed by atoms with van der Waals surface area (Å²) in [5, 5.41) is 0. The largest absolute Gasteiger partial charge is 0.326 e. The van der Waals surface area contributed by atoms with Crippen molar-refractivity contribution in [2.24, 2.45) is 5.73 Å². The van der Waals surface area contributed by atoms with E-state index < -0.39 is 0 Å². The minimum Gasteiger partial charge on any atom is -0.326 e. The quantitative estimate of drug-likeness (QED) is 0.787. The zero-order valence-corrected chi connectivity index (χ0v) is 11.0. The Kier molecular flexibility index (Phi) is 3.52. The third kappa shape index (κ3) is 2.58. The first-order chi connectivity index (χ1) is 9.86. The van der Waals surface area contributed by atoms with Crippen LogP contribution in [0.2, 0.25) is 0 Å². The first-order valence-electron chi connectivity index (χ1n) is 6.51. The minimum atomic E-state index is 0.515. The van der Waals surface area contributed by atoms with Gasteiger partial charge < -0.3 is 5.73 Å². The van der Waals surface area contributed by atoms with Gasteiger partial charge in [-0.1, -0.05) is 12.1 Å². The fourth-order valence-corrected chi connectivity index (χ4v) is 2.21. The topological polar surface area (TPSA) is 51.8 Å². The van der Waals surface area contributed by atoms with Gasteiger partial charge in [-0.15, -0.1) is 0 Å². The molecule has 0 spiro atoms. The van der Waals surface area contributed by atoms with Crippen LogP contribution in [0.4, 0.5) is 0 Å². The van der Waals surface area contributed by atoms with E-state index in [9.17, 15) is 0 Å². The normalized spacial score (nSPS) is 10.4. The Balaban J connectivity index is 2.13. The number of nitrogens with two attached hydrogens (primary N) is 1. The lowest BCUT2D eigenvalue weighted by Gasteiger charge is -2.09. The summed E-state index contributed by atoms with van der Waals surface area (Å²) in [4.78, 5) is 8.35. The molecule has 0 atom stereocenters. The van der Waals surface area contributed by atoms with Gasteiger partial charge in [-0.25, -0.2) is 0 Å². The predicted octanol–water partition coefficient (Wildman–Crippen LogP) is 3.27. The Morgan fingerprint density at radius 3 is 1.70 bits per heavy atom. The Morgan fingerprint density at radius 1 is 0.750 bits per heavy atom. The standard InChI is InChI=1S/C17H15N3/c18-10-13-7-16(14-3-1-5-19-11-14)9-17(8-13)15-4-2-6-20-12-15/h1-9,11-12H,10,18H2. The molecule has 0 saturated heterocycles. The van der Waals surface area contributed by atoms with Crippen LogP contribution in [0.5, 0.6) is 0 Å². The maximum Gasteiger partial charge on any atom is 0.0346 e. The van der Waals surface area contributed by atoms with Crippen molar-refractivity contribution in [2.45, 2.75) is 6.54 Å². The van der Waals surface area contributed by atoms with Gasteiger partial charge in [-0.3, -0.25) is 9.97 Å². The van der Waals surface area contributed by atoms with Crippen molar-refractivity contribution >= 4 is 0 Å². The lowest BCUT2D eigenvalue weighted by molar-refractivity contribution is 1.07. The van der Waals surface area contributed by atoms with Gasteiger partial charge in [0.25, 0.3) is 0 Å². The molecule has 3 nitrogen and oxygen atoms in total. The second-order valence-electron chi connectivity index (χ2n) is 4.61. The molecule has 1 aromatic carbocycles. The van der Waals surface area contributed by atoms with Gasteiger partial charge in [0.2, 0.25) is 0 Å². The molecule has 0 saturated carbocycles. The average molecular weight is 261 g/mol. The molecule has 2 aromatic heterocycles. The van der Waals surface area contributed by atoms with Gasteiger partial charge in [-0.05, 0) is 47.0 Å². The molecule has 98 valence electrons. The molecule has 0 aliphatic heterocycles. The lowest BCUT2D eigenvalue weighted by atomic mass is 9.97. The van der Waals surface area contributed by atoms with E-state index in [1.54, 1.807) is 12.4 Å². The summed E-state index contributed by atoms with van der Waals surface area (Å²) < 4.78 is 0. The van der Waals surface area contributed by atoms with Crippen LogP contribution in [0.15, 0.2) is 67.3 Å². The summed E-state index contributed by atoms with van der Waals surface area (Å²) in [6.07, 6.45) is 7.28. The summed E-state index contributed by atoms with van der Waals surface area (Å²) in [5.74, 6) is 0. The maximum atomic E-state index is 5.81. The molecular weight excluding hydrogens is 246 g/mol. The van der Waals surface area contributed by atoms with Crippen molar-refractivity contribution in [1.29, 1.82) is 0 Å².